The van der Waals surface area contributed by atoms with E-state index in [0.717, 1.165) is 26.3 Å². The summed E-state index contributed by atoms with van der Waals surface area (Å²) in [7, 11) is -2.75. The number of para-hydroxylation sites is 2. The van der Waals surface area contributed by atoms with Gasteiger partial charge in [0, 0.05) is 31.3 Å². The van der Waals surface area contributed by atoms with Crippen LogP contribution in [0.25, 0.3) is 21.8 Å². The molecule has 0 spiro atoms. The average molecular weight is 600 g/mol. The molecule has 0 radical (unpaired) electrons. The van der Waals surface area contributed by atoms with E-state index in [0.29, 0.717) is 5.69 Å². The Morgan fingerprint density at radius 3 is 2.14 bits per heavy atom. The first-order valence-corrected chi connectivity index (χ1v) is 14.2. The van der Waals surface area contributed by atoms with Crippen molar-refractivity contribution in [2.24, 2.45) is 0 Å². The third-order valence-corrected chi connectivity index (χ3v) is 8.84. The molecule has 5 aromatic rings. The summed E-state index contributed by atoms with van der Waals surface area (Å²) >= 11 is 9.57. The number of methoxy groups -OCH3 is 1. The van der Waals surface area contributed by atoms with E-state index in [-0.39, 0.29) is 28.8 Å². The minimum Gasteiger partial charge on any atom is -0.495 e. The van der Waals surface area contributed by atoms with Crippen molar-refractivity contribution in [3.8, 4) is 5.75 Å². The van der Waals surface area contributed by atoms with Crippen LogP contribution in [-0.4, -0.2) is 37.8 Å². The maximum absolute atomic E-state index is 14.0. The number of benzene rings is 4. The normalized spacial score (nSPS) is 12.6. The van der Waals surface area contributed by atoms with Gasteiger partial charge < -0.3 is 14.4 Å². The summed E-state index contributed by atoms with van der Waals surface area (Å²) in [5, 5.41) is 13.7. The van der Waals surface area contributed by atoms with Gasteiger partial charge in [-0.3, -0.25) is 4.31 Å². The van der Waals surface area contributed by atoms with Crippen LogP contribution in [0.1, 0.15) is 0 Å². The van der Waals surface area contributed by atoms with Crippen LogP contribution in [0.2, 0.25) is 5.02 Å². The Bertz CT molecular complexity index is 1630. The number of fused-ring (bicyclic) bond motifs is 3. The molecular formula is C28H24BrClN2O4S. The van der Waals surface area contributed by atoms with E-state index in [9.17, 15) is 13.5 Å². The fourth-order valence-corrected chi connectivity index (χ4v) is 6.77. The fourth-order valence-electron chi connectivity index (χ4n) is 4.58. The van der Waals surface area contributed by atoms with Gasteiger partial charge in [-0.25, -0.2) is 8.42 Å². The van der Waals surface area contributed by atoms with Crippen LogP contribution in [0.4, 0.5) is 5.69 Å². The van der Waals surface area contributed by atoms with Crippen LogP contribution in [0.3, 0.4) is 0 Å². The molecule has 0 saturated carbocycles. The summed E-state index contributed by atoms with van der Waals surface area (Å²) in [5.41, 5.74) is 2.35. The number of nitrogens with zero attached hydrogens (tertiary/aromatic N) is 2. The maximum Gasteiger partial charge on any atom is 0.268 e. The molecule has 1 unspecified atom stereocenters. The highest BCUT2D eigenvalue weighted by Gasteiger charge is 2.31. The SMILES string of the molecule is COc1ccc(Cl)cc1S(=O)(=O)N(CC(O)Cn1c2ccccc2c2ccccc21)c1ccc(Br)cc1. The molecule has 5 rings (SSSR count). The van der Waals surface area contributed by atoms with Gasteiger partial charge in [0.15, 0.2) is 0 Å². The van der Waals surface area contributed by atoms with Gasteiger partial charge in [-0.05, 0) is 54.6 Å². The summed E-state index contributed by atoms with van der Waals surface area (Å²) in [6.07, 6.45) is -1.03. The Hall–Kier alpha value is -3.04. The highest BCUT2D eigenvalue weighted by atomic mass is 79.9. The van der Waals surface area contributed by atoms with E-state index in [2.05, 4.69) is 15.9 Å². The molecule has 0 saturated heterocycles. The number of hydrogen-bond acceptors (Lipinski definition) is 4. The third-order valence-electron chi connectivity index (χ3n) is 6.26. The Labute approximate surface area is 228 Å². The fraction of sp³-hybridized carbons (Fsp3) is 0.143. The molecule has 9 heteroatoms. The van der Waals surface area contributed by atoms with E-state index >= 15 is 0 Å². The summed E-state index contributed by atoms with van der Waals surface area (Å²) in [5.74, 6) is 0.170. The van der Waals surface area contributed by atoms with Crippen LogP contribution in [-0.2, 0) is 16.6 Å². The minimum absolute atomic E-state index is 0.0746. The summed E-state index contributed by atoms with van der Waals surface area (Å²) in [4.78, 5) is -0.0746. The summed E-state index contributed by atoms with van der Waals surface area (Å²) in [6, 6.07) is 27.3. The van der Waals surface area contributed by atoms with Gasteiger partial charge in [-0.15, -0.1) is 0 Å². The number of sulfonamides is 1. The second kappa shape index (κ2) is 10.4. The van der Waals surface area contributed by atoms with Gasteiger partial charge in [0.25, 0.3) is 10.0 Å². The molecule has 0 aliphatic heterocycles. The van der Waals surface area contributed by atoms with Gasteiger partial charge in [-0.1, -0.05) is 63.9 Å². The van der Waals surface area contributed by atoms with E-state index in [1.165, 1.54) is 23.5 Å². The van der Waals surface area contributed by atoms with Crippen LogP contribution in [0, 0.1) is 0 Å². The largest absolute Gasteiger partial charge is 0.495 e. The van der Waals surface area contributed by atoms with E-state index < -0.39 is 16.1 Å². The van der Waals surface area contributed by atoms with Gasteiger partial charge in [0.05, 0.1) is 32.0 Å². The first-order valence-electron chi connectivity index (χ1n) is 11.6. The molecular weight excluding hydrogens is 576 g/mol. The molecule has 0 aliphatic rings. The molecule has 190 valence electrons. The number of anilines is 1. The standard InChI is InChI=1S/C28H24BrClN2O4S/c1-36-27-15-12-20(30)16-28(27)37(34,35)32(21-13-10-19(29)11-14-21)18-22(33)17-31-25-8-4-2-6-23(25)24-7-3-5-9-26(24)31/h2-16,22,33H,17-18H2,1H3. The van der Waals surface area contributed by atoms with E-state index in [1.54, 1.807) is 30.3 Å². The average Bonchev–Trinajstić information content (AvgIpc) is 3.21. The lowest BCUT2D eigenvalue weighted by Gasteiger charge is -2.28. The van der Waals surface area contributed by atoms with Crippen molar-refractivity contribution in [1.29, 1.82) is 0 Å². The maximum atomic E-state index is 14.0. The van der Waals surface area contributed by atoms with Gasteiger partial charge in [0.1, 0.15) is 10.6 Å². The van der Waals surface area contributed by atoms with E-state index in [4.69, 9.17) is 16.3 Å². The lowest BCUT2D eigenvalue weighted by molar-refractivity contribution is 0.166. The van der Waals surface area contributed by atoms with Crippen LogP contribution < -0.4 is 9.04 Å². The van der Waals surface area contributed by atoms with Crippen molar-refractivity contribution in [2.45, 2.75) is 17.5 Å². The lowest BCUT2D eigenvalue weighted by atomic mass is 10.2. The first kappa shape index (κ1) is 25.6. The van der Waals surface area contributed by atoms with Crippen molar-refractivity contribution in [2.75, 3.05) is 18.0 Å². The molecule has 1 atom stereocenters. The van der Waals surface area contributed by atoms with Crippen molar-refractivity contribution in [1.82, 2.24) is 4.57 Å². The second-order valence-electron chi connectivity index (χ2n) is 8.61. The van der Waals surface area contributed by atoms with Gasteiger partial charge in [0.2, 0.25) is 0 Å². The van der Waals surface area contributed by atoms with Gasteiger partial charge in [-0.2, -0.15) is 0 Å². The Morgan fingerprint density at radius 1 is 0.946 bits per heavy atom. The third kappa shape index (κ3) is 4.94. The number of aliphatic hydroxyl groups excluding tert-OH is 1. The Morgan fingerprint density at radius 2 is 1.54 bits per heavy atom. The number of halogens is 2. The molecule has 37 heavy (non-hydrogen) atoms. The molecule has 0 amide bonds. The van der Waals surface area contributed by atoms with Gasteiger partial charge >= 0.3 is 0 Å². The first-order chi connectivity index (χ1) is 17.8. The van der Waals surface area contributed by atoms with Crippen LogP contribution >= 0.6 is 27.5 Å². The minimum atomic E-state index is -4.15. The lowest BCUT2D eigenvalue weighted by Crippen LogP contribution is -2.39. The van der Waals surface area contributed by atoms with E-state index in [1.807, 2.05) is 53.1 Å². The second-order valence-corrected chi connectivity index (χ2v) is 11.8. The molecule has 0 fully saturated rings. The smallest absolute Gasteiger partial charge is 0.268 e. The van der Waals surface area contributed by atoms with Crippen LogP contribution in [0.5, 0.6) is 5.75 Å². The Kier molecular flexibility index (Phi) is 7.18. The molecule has 4 aromatic carbocycles. The molecule has 0 aliphatic carbocycles. The summed E-state index contributed by atoms with van der Waals surface area (Å²) < 4.78 is 37.3. The van der Waals surface area contributed by atoms with Crippen molar-refractivity contribution in [3.63, 3.8) is 0 Å². The molecule has 1 heterocycles. The zero-order valence-electron chi connectivity index (χ0n) is 19.9. The van der Waals surface area contributed by atoms with Crippen molar-refractivity contribution < 1.29 is 18.3 Å². The number of aromatic nitrogens is 1. The number of rotatable bonds is 8. The molecule has 1 N–H and O–H groups in total. The Balaban J connectivity index is 1.56. The highest BCUT2D eigenvalue weighted by Crippen LogP contribution is 2.34. The number of aliphatic hydroxyl groups is 1. The summed E-state index contributed by atoms with van der Waals surface area (Å²) in [6.45, 7) is 0.0176. The predicted octanol–water partition coefficient (Wildman–Crippen LogP) is 6.48. The topological polar surface area (TPSA) is 71.8 Å². The zero-order valence-corrected chi connectivity index (χ0v) is 23.0. The molecule has 0 bridgehead atoms. The predicted molar refractivity (Wildman–Crippen MR) is 152 cm³/mol. The van der Waals surface area contributed by atoms with Crippen LogP contribution in [0.15, 0.2) is 100 Å². The van der Waals surface area contributed by atoms with Crippen molar-refractivity contribution in [3.05, 3.63) is 100 Å². The number of ether oxygens (including phenoxy) is 1. The number of hydrogen-bond donors (Lipinski definition) is 1. The highest BCUT2D eigenvalue weighted by molar-refractivity contribution is 9.10. The molecule has 1 aromatic heterocycles. The molecule has 6 nitrogen and oxygen atoms in total. The monoisotopic (exact) mass is 598 g/mol. The quantitative estimate of drug-likeness (QED) is 0.222. The van der Waals surface area contributed by atoms with Crippen molar-refractivity contribution >= 4 is 65.0 Å². The zero-order chi connectivity index (χ0) is 26.2.